The van der Waals surface area contributed by atoms with E-state index in [0.717, 1.165) is 11.1 Å². The Morgan fingerprint density at radius 2 is 1.15 bits per heavy atom. The molecule has 68 heavy (non-hydrogen) atoms. The predicted octanol–water partition coefficient (Wildman–Crippen LogP) is 11.7. The SMILES string of the molecule is COc1ccc(-c2nc(-c3cc(C(F)(F)F)cc(C(F)(F)F)c3)n(Cc3ccc(C(=O)Nc4ccc(CN5CCN(C(=O)OCc6ccccc6)CC5)cc4)cc3)c2-c2ccc(OC)cc2)cc1. The summed E-state index contributed by atoms with van der Waals surface area (Å²) in [6, 6.07) is 38.5. The lowest BCUT2D eigenvalue weighted by Crippen LogP contribution is -2.48. The number of aromatic nitrogens is 2. The Morgan fingerprint density at radius 1 is 0.603 bits per heavy atom. The highest BCUT2D eigenvalue weighted by molar-refractivity contribution is 6.04. The van der Waals surface area contributed by atoms with Crippen LogP contribution in [0.25, 0.3) is 33.9 Å². The van der Waals surface area contributed by atoms with Crippen LogP contribution in [0.5, 0.6) is 11.5 Å². The second-order valence-corrected chi connectivity index (χ2v) is 16.1. The Balaban J connectivity index is 1.02. The number of halogens is 6. The minimum absolute atomic E-state index is 0.0613. The van der Waals surface area contributed by atoms with Crippen molar-refractivity contribution in [3.63, 3.8) is 0 Å². The second kappa shape index (κ2) is 20.1. The van der Waals surface area contributed by atoms with Crippen LogP contribution in [0.2, 0.25) is 0 Å². The molecule has 16 heteroatoms. The van der Waals surface area contributed by atoms with Gasteiger partial charge < -0.3 is 29.0 Å². The number of anilines is 1. The summed E-state index contributed by atoms with van der Waals surface area (Å²) in [5.74, 6) is 0.502. The average Bonchev–Trinajstić information content (AvgIpc) is 3.72. The summed E-state index contributed by atoms with van der Waals surface area (Å²) in [7, 11) is 2.99. The molecule has 1 aromatic heterocycles. The van der Waals surface area contributed by atoms with Crippen molar-refractivity contribution < 1.29 is 50.1 Å². The van der Waals surface area contributed by atoms with Crippen molar-refractivity contribution in [1.82, 2.24) is 19.4 Å². The molecule has 1 N–H and O–H groups in total. The number of ether oxygens (including phenoxy) is 3. The van der Waals surface area contributed by atoms with Gasteiger partial charge in [0.15, 0.2) is 0 Å². The molecule has 0 atom stereocenters. The molecule has 0 bridgehead atoms. The van der Waals surface area contributed by atoms with Gasteiger partial charge in [0, 0.05) is 67.2 Å². The Kier molecular flexibility index (Phi) is 13.9. The molecule has 7 aromatic rings. The van der Waals surface area contributed by atoms with Gasteiger partial charge in [0.05, 0.1) is 36.7 Å². The van der Waals surface area contributed by atoms with Crippen molar-refractivity contribution in [2.45, 2.75) is 32.0 Å². The third kappa shape index (κ3) is 11.1. The molecular formula is C52H45F6N5O5. The van der Waals surface area contributed by atoms with Crippen LogP contribution in [0.15, 0.2) is 146 Å². The number of imidazole rings is 1. The zero-order valence-electron chi connectivity index (χ0n) is 36.9. The van der Waals surface area contributed by atoms with Gasteiger partial charge in [-0.3, -0.25) is 9.69 Å². The van der Waals surface area contributed by atoms with Crippen LogP contribution in [0.3, 0.4) is 0 Å². The van der Waals surface area contributed by atoms with Crippen LogP contribution < -0.4 is 14.8 Å². The zero-order valence-corrected chi connectivity index (χ0v) is 36.9. The first-order valence-electron chi connectivity index (χ1n) is 21.5. The maximum Gasteiger partial charge on any atom is 0.416 e. The number of carbonyl (C=O) groups is 2. The number of hydrogen-bond acceptors (Lipinski definition) is 7. The Labute approximate surface area is 388 Å². The number of rotatable bonds is 13. The van der Waals surface area contributed by atoms with Gasteiger partial charge in [-0.15, -0.1) is 0 Å². The van der Waals surface area contributed by atoms with E-state index in [2.05, 4.69) is 10.2 Å². The average molecular weight is 934 g/mol. The van der Waals surface area contributed by atoms with Crippen molar-refractivity contribution >= 4 is 17.7 Å². The van der Waals surface area contributed by atoms with Gasteiger partial charge in [0.2, 0.25) is 0 Å². The Hall–Kier alpha value is -7.59. The molecule has 1 aliphatic heterocycles. The molecule has 350 valence electrons. The summed E-state index contributed by atoms with van der Waals surface area (Å²) in [4.78, 5) is 34.8. The van der Waals surface area contributed by atoms with Crippen molar-refractivity contribution in [1.29, 1.82) is 0 Å². The predicted molar refractivity (Wildman–Crippen MR) is 245 cm³/mol. The van der Waals surface area contributed by atoms with Gasteiger partial charge in [0.25, 0.3) is 5.91 Å². The lowest BCUT2D eigenvalue weighted by Gasteiger charge is -2.34. The molecule has 6 aromatic carbocycles. The quantitative estimate of drug-likeness (QED) is 0.115. The summed E-state index contributed by atoms with van der Waals surface area (Å²) in [6.45, 7) is 3.24. The van der Waals surface area contributed by atoms with Crippen LogP contribution in [-0.4, -0.2) is 71.7 Å². The maximum atomic E-state index is 14.2. The highest BCUT2D eigenvalue weighted by Gasteiger charge is 2.38. The van der Waals surface area contributed by atoms with Gasteiger partial charge >= 0.3 is 18.4 Å². The van der Waals surface area contributed by atoms with E-state index in [4.69, 9.17) is 19.2 Å². The van der Waals surface area contributed by atoms with Gasteiger partial charge in [-0.1, -0.05) is 54.6 Å². The number of carbonyl (C=O) groups excluding carboxylic acids is 2. The van der Waals surface area contributed by atoms with Gasteiger partial charge in [-0.05, 0) is 108 Å². The van der Waals surface area contributed by atoms with E-state index in [1.54, 1.807) is 94.4 Å². The van der Waals surface area contributed by atoms with Crippen LogP contribution in [0.1, 0.15) is 38.2 Å². The number of methoxy groups -OCH3 is 2. The van der Waals surface area contributed by atoms with E-state index >= 15 is 0 Å². The summed E-state index contributed by atoms with van der Waals surface area (Å²) in [5, 5.41) is 2.91. The lowest BCUT2D eigenvalue weighted by molar-refractivity contribution is -0.143. The van der Waals surface area contributed by atoms with Crippen LogP contribution >= 0.6 is 0 Å². The Bertz CT molecular complexity index is 2810. The molecule has 0 saturated carbocycles. The zero-order chi connectivity index (χ0) is 48.0. The molecule has 10 nitrogen and oxygen atoms in total. The fourth-order valence-electron chi connectivity index (χ4n) is 7.90. The molecule has 0 spiro atoms. The summed E-state index contributed by atoms with van der Waals surface area (Å²) < 4.78 is 103. The first kappa shape index (κ1) is 46.9. The van der Waals surface area contributed by atoms with E-state index in [1.165, 1.54) is 14.2 Å². The minimum Gasteiger partial charge on any atom is -0.497 e. The third-order valence-electron chi connectivity index (χ3n) is 11.6. The van der Waals surface area contributed by atoms with E-state index in [-0.39, 0.29) is 31.1 Å². The maximum absolute atomic E-state index is 14.2. The molecule has 0 aliphatic carbocycles. The van der Waals surface area contributed by atoms with Crippen molar-refractivity contribution in [2.24, 2.45) is 0 Å². The molecule has 0 unspecified atom stereocenters. The number of nitrogens with zero attached hydrogens (tertiary/aromatic N) is 4. The molecule has 2 heterocycles. The molecule has 1 saturated heterocycles. The molecule has 2 amide bonds. The van der Waals surface area contributed by atoms with Gasteiger partial charge in [-0.2, -0.15) is 26.3 Å². The Morgan fingerprint density at radius 3 is 1.71 bits per heavy atom. The minimum atomic E-state index is -5.09. The lowest BCUT2D eigenvalue weighted by atomic mass is 10.0. The molecule has 8 rings (SSSR count). The van der Waals surface area contributed by atoms with Crippen LogP contribution in [0.4, 0.5) is 36.8 Å². The monoisotopic (exact) mass is 933 g/mol. The summed E-state index contributed by atoms with van der Waals surface area (Å²) >= 11 is 0. The molecule has 0 radical (unpaired) electrons. The van der Waals surface area contributed by atoms with E-state index in [0.29, 0.717) is 95.7 Å². The van der Waals surface area contributed by atoms with Crippen LogP contribution in [-0.2, 0) is 36.8 Å². The van der Waals surface area contributed by atoms with E-state index in [1.807, 2.05) is 42.5 Å². The van der Waals surface area contributed by atoms with Gasteiger partial charge in [0.1, 0.15) is 23.9 Å². The number of nitrogens with one attached hydrogen (secondary N) is 1. The van der Waals surface area contributed by atoms with Crippen LogP contribution in [0, 0.1) is 0 Å². The molecule has 1 aliphatic rings. The summed E-state index contributed by atoms with van der Waals surface area (Å²) in [6.07, 6.45) is -10.5. The third-order valence-corrected chi connectivity index (χ3v) is 11.6. The van der Waals surface area contributed by atoms with Crippen molar-refractivity contribution in [3.8, 4) is 45.4 Å². The molecule has 1 fully saturated rings. The highest BCUT2D eigenvalue weighted by atomic mass is 19.4. The smallest absolute Gasteiger partial charge is 0.416 e. The number of benzene rings is 6. The van der Waals surface area contributed by atoms with E-state index < -0.39 is 35.0 Å². The number of alkyl halides is 6. The molecular weight excluding hydrogens is 889 g/mol. The first-order valence-corrected chi connectivity index (χ1v) is 21.5. The summed E-state index contributed by atoms with van der Waals surface area (Å²) in [5.41, 5.74) is 1.82. The first-order chi connectivity index (χ1) is 32.6. The second-order valence-electron chi connectivity index (χ2n) is 16.1. The number of piperazine rings is 1. The van der Waals surface area contributed by atoms with Crippen molar-refractivity contribution in [3.05, 3.63) is 179 Å². The van der Waals surface area contributed by atoms with Crippen molar-refractivity contribution in [2.75, 3.05) is 45.7 Å². The fraction of sp³-hybridized carbons (Fsp3) is 0.212. The topological polar surface area (TPSA) is 98.2 Å². The highest BCUT2D eigenvalue weighted by Crippen LogP contribution is 2.42. The number of hydrogen-bond donors (Lipinski definition) is 1. The standard InChI is InChI=1S/C52H45F6N5O5/c1-66-44-20-14-37(15-21-44)46-47(38-16-22-45(67-2)23-17-38)63(48(60-46)40-28-41(51(53,54)55)30-42(29-40)52(56,57)58)32-35-8-12-39(13-9-35)49(64)59-43-18-10-34(11-19-43)31-61-24-26-62(27-25-61)50(65)68-33-36-6-4-3-5-7-36/h3-23,28-30H,24-27,31-33H2,1-2H3,(H,59,64). The number of amides is 2. The van der Waals surface area contributed by atoms with Gasteiger partial charge in [-0.25, -0.2) is 9.78 Å². The largest absolute Gasteiger partial charge is 0.497 e. The fourth-order valence-corrected chi connectivity index (χ4v) is 7.90. The normalized spacial score (nSPS) is 13.3. The van der Waals surface area contributed by atoms with E-state index in [9.17, 15) is 35.9 Å².